The molecule has 0 spiro atoms. The molecule has 0 saturated heterocycles. The third kappa shape index (κ3) is 3.51. The van der Waals surface area contributed by atoms with Gasteiger partial charge in [0.05, 0.1) is 12.8 Å². The van der Waals surface area contributed by atoms with Gasteiger partial charge >= 0.3 is 0 Å². The summed E-state index contributed by atoms with van der Waals surface area (Å²) in [4.78, 5) is 12.2. The first-order valence-electron chi connectivity index (χ1n) is 7.63. The summed E-state index contributed by atoms with van der Waals surface area (Å²) in [6.45, 7) is -0.308. The Morgan fingerprint density at radius 3 is 2.42 bits per heavy atom. The summed E-state index contributed by atoms with van der Waals surface area (Å²) in [7, 11) is 1.43. The van der Waals surface area contributed by atoms with Crippen molar-refractivity contribution in [2.75, 3.05) is 7.11 Å². The summed E-state index contributed by atoms with van der Waals surface area (Å²) in [6.07, 6.45) is 1.62. The van der Waals surface area contributed by atoms with Gasteiger partial charge in [-0.2, -0.15) is 0 Å². The Bertz CT molecular complexity index is 920. The van der Waals surface area contributed by atoms with E-state index in [1.807, 2.05) is 0 Å². The molecule has 0 fully saturated rings. The molecule has 0 aliphatic rings. The number of aliphatic hydroxyl groups is 2. The summed E-state index contributed by atoms with van der Waals surface area (Å²) < 4.78 is 32.0. The summed E-state index contributed by atoms with van der Waals surface area (Å²) in [5.74, 6) is -1.40. The second-order valence-corrected chi connectivity index (χ2v) is 5.41. The van der Waals surface area contributed by atoms with Crippen LogP contribution in [0.1, 0.15) is 23.2 Å². The Morgan fingerprint density at radius 1 is 1.08 bits per heavy atom. The first-order valence-corrected chi connectivity index (χ1v) is 7.63. The van der Waals surface area contributed by atoms with Crippen molar-refractivity contribution in [2.45, 2.75) is 12.7 Å². The molecule has 1 aromatic carbocycles. The van der Waals surface area contributed by atoms with Crippen LogP contribution in [0.5, 0.6) is 5.75 Å². The zero-order valence-corrected chi connectivity index (χ0v) is 13.7. The highest BCUT2D eigenvalue weighted by atomic mass is 19.2. The monoisotopic (exact) mass is 359 g/mol. The molecule has 3 aromatic rings. The predicted octanol–water partition coefficient (Wildman–Crippen LogP) is 2.40. The van der Waals surface area contributed by atoms with Gasteiger partial charge in [0.15, 0.2) is 17.5 Å². The highest BCUT2D eigenvalue weighted by Crippen LogP contribution is 2.31. The van der Waals surface area contributed by atoms with E-state index in [9.17, 15) is 13.9 Å². The largest absolute Gasteiger partial charge is 0.494 e. The lowest BCUT2D eigenvalue weighted by molar-refractivity contribution is 0.213. The molecule has 0 bridgehead atoms. The summed E-state index contributed by atoms with van der Waals surface area (Å²) in [5, 5.41) is 19.5. The van der Waals surface area contributed by atoms with E-state index in [0.717, 1.165) is 12.1 Å². The Morgan fingerprint density at radius 2 is 1.81 bits per heavy atom. The van der Waals surface area contributed by atoms with Gasteiger partial charge in [0, 0.05) is 23.5 Å². The smallest absolute Gasteiger partial charge is 0.159 e. The molecular weight excluding hydrogens is 344 g/mol. The van der Waals surface area contributed by atoms with Gasteiger partial charge in [0.2, 0.25) is 0 Å². The highest BCUT2D eigenvalue weighted by Gasteiger charge is 2.18. The van der Waals surface area contributed by atoms with Crippen molar-refractivity contribution in [1.82, 2.24) is 15.0 Å². The predicted molar refractivity (Wildman–Crippen MR) is 88.2 cm³/mol. The number of aromatic nitrogens is 3. The second-order valence-electron chi connectivity index (χ2n) is 5.41. The Kier molecular flexibility index (Phi) is 5.15. The normalized spacial score (nSPS) is 12.0. The van der Waals surface area contributed by atoms with E-state index in [2.05, 4.69) is 15.0 Å². The van der Waals surface area contributed by atoms with Gasteiger partial charge in [-0.15, -0.1) is 0 Å². The van der Waals surface area contributed by atoms with Crippen LogP contribution in [0, 0.1) is 11.6 Å². The molecule has 26 heavy (non-hydrogen) atoms. The number of benzene rings is 1. The number of aliphatic hydroxyl groups excluding tert-OH is 2. The molecule has 8 heteroatoms. The molecule has 0 aliphatic carbocycles. The van der Waals surface area contributed by atoms with Crippen LogP contribution in [0.3, 0.4) is 0 Å². The topological polar surface area (TPSA) is 88.4 Å². The van der Waals surface area contributed by atoms with Gasteiger partial charge in [-0.3, -0.25) is 0 Å². The highest BCUT2D eigenvalue weighted by molar-refractivity contribution is 5.66. The lowest BCUT2D eigenvalue weighted by Gasteiger charge is -2.14. The van der Waals surface area contributed by atoms with E-state index in [4.69, 9.17) is 9.84 Å². The average Bonchev–Trinajstić information content (AvgIpc) is 2.69. The SMILES string of the molecule is COc1ccc([C@@H](O)c2cnc(CO)nc2)nc1-c1ccc(F)c(F)c1. The third-order valence-corrected chi connectivity index (χ3v) is 3.76. The van der Waals surface area contributed by atoms with Crippen molar-refractivity contribution in [3.8, 4) is 17.0 Å². The Labute approximate surface area is 147 Å². The lowest BCUT2D eigenvalue weighted by atomic mass is 10.1. The second kappa shape index (κ2) is 7.51. The van der Waals surface area contributed by atoms with E-state index in [-0.39, 0.29) is 23.8 Å². The van der Waals surface area contributed by atoms with E-state index in [0.29, 0.717) is 16.9 Å². The molecule has 134 valence electrons. The molecule has 2 N–H and O–H groups in total. The summed E-state index contributed by atoms with van der Waals surface area (Å²) in [5.41, 5.74) is 1.19. The van der Waals surface area contributed by atoms with Crippen molar-refractivity contribution in [3.05, 3.63) is 71.4 Å². The summed E-state index contributed by atoms with van der Waals surface area (Å²) >= 11 is 0. The number of pyridine rings is 1. The molecule has 0 aliphatic heterocycles. The molecule has 0 amide bonds. The van der Waals surface area contributed by atoms with Gasteiger partial charge < -0.3 is 14.9 Å². The molecule has 0 unspecified atom stereocenters. The molecule has 6 nitrogen and oxygen atoms in total. The molecule has 0 radical (unpaired) electrons. The fourth-order valence-electron chi connectivity index (χ4n) is 2.39. The standard InChI is InChI=1S/C18H15F2N3O3/c1-26-15-5-4-14(18(25)11-7-21-16(9-24)22-8-11)23-17(15)10-2-3-12(19)13(20)6-10/h2-8,18,24-25H,9H2,1H3/t18-/m0/s1. The minimum atomic E-state index is -1.14. The van der Waals surface area contributed by atoms with Gasteiger partial charge in [0.1, 0.15) is 24.2 Å². The Hall–Kier alpha value is -2.97. The molecular formula is C18H15F2N3O3. The van der Waals surface area contributed by atoms with Crippen LogP contribution in [-0.4, -0.2) is 32.3 Å². The minimum Gasteiger partial charge on any atom is -0.494 e. The summed E-state index contributed by atoms with van der Waals surface area (Å²) in [6, 6.07) is 6.50. The first kappa shape index (κ1) is 17.8. The zero-order valence-electron chi connectivity index (χ0n) is 13.7. The van der Waals surface area contributed by atoms with Crippen molar-refractivity contribution in [1.29, 1.82) is 0 Å². The van der Waals surface area contributed by atoms with E-state index in [1.54, 1.807) is 12.1 Å². The minimum absolute atomic E-state index is 0.228. The van der Waals surface area contributed by atoms with Crippen molar-refractivity contribution < 1.29 is 23.7 Å². The van der Waals surface area contributed by atoms with Crippen molar-refractivity contribution >= 4 is 0 Å². The fourth-order valence-corrected chi connectivity index (χ4v) is 2.39. The Balaban J connectivity index is 2.01. The van der Waals surface area contributed by atoms with Crippen molar-refractivity contribution in [2.24, 2.45) is 0 Å². The van der Waals surface area contributed by atoms with Crippen LogP contribution in [0.25, 0.3) is 11.3 Å². The molecule has 3 rings (SSSR count). The van der Waals surface area contributed by atoms with Crippen LogP contribution in [0.4, 0.5) is 8.78 Å². The number of methoxy groups -OCH3 is 1. The molecule has 0 saturated carbocycles. The van der Waals surface area contributed by atoms with Gasteiger partial charge in [-0.05, 0) is 30.3 Å². The molecule has 2 aromatic heterocycles. The van der Waals surface area contributed by atoms with Crippen LogP contribution >= 0.6 is 0 Å². The van der Waals surface area contributed by atoms with Gasteiger partial charge in [-0.1, -0.05) is 0 Å². The van der Waals surface area contributed by atoms with Crippen molar-refractivity contribution in [3.63, 3.8) is 0 Å². The number of ether oxygens (including phenoxy) is 1. The van der Waals surface area contributed by atoms with Gasteiger partial charge in [-0.25, -0.2) is 23.7 Å². The van der Waals surface area contributed by atoms with Crippen LogP contribution < -0.4 is 4.74 Å². The molecule has 2 heterocycles. The maximum Gasteiger partial charge on any atom is 0.159 e. The van der Waals surface area contributed by atoms with Crippen LogP contribution in [0.2, 0.25) is 0 Å². The van der Waals surface area contributed by atoms with E-state index in [1.165, 1.54) is 25.6 Å². The molecule has 1 atom stereocenters. The van der Waals surface area contributed by atoms with E-state index >= 15 is 0 Å². The first-order chi connectivity index (χ1) is 12.5. The quantitative estimate of drug-likeness (QED) is 0.727. The number of halogens is 2. The lowest BCUT2D eigenvalue weighted by Crippen LogP contribution is -2.06. The van der Waals surface area contributed by atoms with Gasteiger partial charge in [0.25, 0.3) is 0 Å². The van der Waals surface area contributed by atoms with Crippen LogP contribution in [0.15, 0.2) is 42.7 Å². The average molecular weight is 359 g/mol. The maximum atomic E-state index is 13.6. The zero-order chi connectivity index (χ0) is 18.7. The fraction of sp³-hybridized carbons (Fsp3) is 0.167. The third-order valence-electron chi connectivity index (χ3n) is 3.76. The maximum absolute atomic E-state index is 13.6. The van der Waals surface area contributed by atoms with Crippen LogP contribution in [-0.2, 0) is 6.61 Å². The number of nitrogens with zero attached hydrogens (tertiary/aromatic N) is 3. The number of hydrogen-bond donors (Lipinski definition) is 2. The number of hydrogen-bond acceptors (Lipinski definition) is 6. The van der Waals surface area contributed by atoms with E-state index < -0.39 is 17.7 Å². The number of rotatable bonds is 5.